The number of ether oxygens (including phenoxy) is 3. The Bertz CT molecular complexity index is 574. The van der Waals surface area contributed by atoms with E-state index >= 15 is 0 Å². The average molecular weight is 374 g/mol. The summed E-state index contributed by atoms with van der Waals surface area (Å²) in [6.45, 7) is 4.86. The Morgan fingerprint density at radius 3 is 2.28 bits per heavy atom. The number of hydrogen-bond acceptors (Lipinski definition) is 6. The highest BCUT2D eigenvalue weighted by Crippen LogP contribution is 2.40. The number of anilines is 1. The van der Waals surface area contributed by atoms with Crippen LogP contribution in [0.3, 0.4) is 0 Å². The molecule has 142 valence electrons. The predicted octanol–water partition coefficient (Wildman–Crippen LogP) is 1.74. The molecule has 3 N–H and O–H groups in total. The third kappa shape index (κ3) is 5.14. The highest BCUT2D eigenvalue weighted by molar-refractivity contribution is 5.93. The van der Waals surface area contributed by atoms with E-state index in [-0.39, 0.29) is 23.7 Å². The second-order valence-corrected chi connectivity index (χ2v) is 6.44. The number of nitrogens with one attached hydrogen (secondary N) is 1. The number of halogens is 1. The first-order chi connectivity index (χ1) is 11.4. The molecule has 0 aromatic heterocycles. The van der Waals surface area contributed by atoms with Crippen molar-refractivity contribution < 1.29 is 19.0 Å². The summed E-state index contributed by atoms with van der Waals surface area (Å²) in [7, 11) is 4.63. The van der Waals surface area contributed by atoms with E-state index in [1.54, 1.807) is 33.5 Å². The van der Waals surface area contributed by atoms with Gasteiger partial charge in [-0.15, -0.1) is 12.4 Å². The predicted molar refractivity (Wildman–Crippen MR) is 100 cm³/mol. The molecule has 1 aromatic carbocycles. The summed E-state index contributed by atoms with van der Waals surface area (Å²) in [6.07, 6.45) is 1.01. The fourth-order valence-electron chi connectivity index (χ4n) is 2.98. The number of carbonyl (C=O) groups is 1. The van der Waals surface area contributed by atoms with E-state index in [0.29, 0.717) is 36.0 Å². The molecule has 1 aliphatic rings. The lowest BCUT2D eigenvalue weighted by Crippen LogP contribution is -2.35. The van der Waals surface area contributed by atoms with Gasteiger partial charge in [0.2, 0.25) is 11.7 Å². The standard InChI is InChI=1S/C17H27N3O4.ClH/c1-17(10-18)5-6-20(11-17)9-15(21)19-12-7-13(22-2)16(24-4)14(8-12)23-3;/h7-8H,5-6,9-11,18H2,1-4H3,(H,19,21);1H. The van der Waals surface area contributed by atoms with Crippen LogP contribution in [-0.2, 0) is 4.79 Å². The fourth-order valence-corrected chi connectivity index (χ4v) is 2.98. The van der Waals surface area contributed by atoms with Crippen LogP contribution in [0.25, 0.3) is 0 Å². The Morgan fingerprint density at radius 1 is 1.24 bits per heavy atom. The zero-order valence-electron chi connectivity index (χ0n) is 15.3. The van der Waals surface area contributed by atoms with Crippen molar-refractivity contribution in [1.29, 1.82) is 0 Å². The summed E-state index contributed by atoms with van der Waals surface area (Å²) in [5.41, 5.74) is 6.52. The zero-order valence-corrected chi connectivity index (χ0v) is 16.1. The van der Waals surface area contributed by atoms with Crippen LogP contribution in [-0.4, -0.2) is 58.3 Å². The van der Waals surface area contributed by atoms with Gasteiger partial charge in [-0.1, -0.05) is 6.92 Å². The molecule has 0 radical (unpaired) electrons. The number of methoxy groups -OCH3 is 3. The maximum Gasteiger partial charge on any atom is 0.238 e. The Balaban J connectivity index is 0.00000312. The van der Waals surface area contributed by atoms with Gasteiger partial charge < -0.3 is 25.3 Å². The first-order valence-electron chi connectivity index (χ1n) is 7.97. The number of amides is 1. The normalized spacial score (nSPS) is 19.9. The lowest BCUT2D eigenvalue weighted by molar-refractivity contribution is -0.117. The summed E-state index contributed by atoms with van der Waals surface area (Å²) in [5, 5.41) is 2.89. The van der Waals surface area contributed by atoms with Crippen molar-refractivity contribution in [2.45, 2.75) is 13.3 Å². The van der Waals surface area contributed by atoms with Gasteiger partial charge in [-0.2, -0.15) is 0 Å². The van der Waals surface area contributed by atoms with E-state index in [1.165, 1.54) is 0 Å². The van der Waals surface area contributed by atoms with Gasteiger partial charge >= 0.3 is 0 Å². The fraction of sp³-hybridized carbons (Fsp3) is 0.588. The Morgan fingerprint density at radius 2 is 1.84 bits per heavy atom. The molecule has 1 unspecified atom stereocenters. The second-order valence-electron chi connectivity index (χ2n) is 6.44. The van der Waals surface area contributed by atoms with Crippen LogP contribution < -0.4 is 25.3 Å². The molecule has 0 aliphatic carbocycles. The highest BCUT2D eigenvalue weighted by atomic mass is 35.5. The molecule has 0 bridgehead atoms. The molecule has 0 spiro atoms. The number of nitrogens with two attached hydrogens (primary N) is 1. The quantitative estimate of drug-likeness (QED) is 0.757. The molecular formula is C17H28ClN3O4. The summed E-state index contributed by atoms with van der Waals surface area (Å²) in [6, 6.07) is 3.43. The molecule has 1 atom stereocenters. The Kier molecular flexibility index (Phi) is 7.79. The number of nitrogens with zero attached hydrogens (tertiary/aromatic N) is 1. The van der Waals surface area contributed by atoms with Gasteiger partial charge in [-0.25, -0.2) is 0 Å². The highest BCUT2D eigenvalue weighted by Gasteiger charge is 2.33. The molecule has 2 rings (SSSR count). The van der Waals surface area contributed by atoms with Crippen LogP contribution in [0.4, 0.5) is 5.69 Å². The lowest BCUT2D eigenvalue weighted by atomic mass is 9.90. The molecular weight excluding hydrogens is 346 g/mol. The van der Waals surface area contributed by atoms with Crippen molar-refractivity contribution in [3.05, 3.63) is 12.1 Å². The van der Waals surface area contributed by atoms with Crippen molar-refractivity contribution in [3.8, 4) is 17.2 Å². The third-order valence-electron chi connectivity index (χ3n) is 4.45. The van der Waals surface area contributed by atoms with Crippen LogP contribution >= 0.6 is 12.4 Å². The second kappa shape index (κ2) is 9.12. The molecule has 1 fully saturated rings. The van der Waals surface area contributed by atoms with Crippen LogP contribution in [0.1, 0.15) is 13.3 Å². The maximum atomic E-state index is 12.3. The van der Waals surface area contributed by atoms with E-state index in [4.69, 9.17) is 19.9 Å². The smallest absolute Gasteiger partial charge is 0.238 e. The van der Waals surface area contributed by atoms with Gasteiger partial charge in [0.1, 0.15) is 0 Å². The summed E-state index contributed by atoms with van der Waals surface area (Å²) in [4.78, 5) is 14.4. The van der Waals surface area contributed by atoms with Gasteiger partial charge in [-0.05, 0) is 24.9 Å². The summed E-state index contributed by atoms with van der Waals surface area (Å²) < 4.78 is 15.9. The number of carbonyl (C=O) groups excluding carboxylic acids is 1. The van der Waals surface area contributed by atoms with E-state index in [1.807, 2.05) is 0 Å². The minimum absolute atomic E-state index is 0. The van der Waals surface area contributed by atoms with Crippen molar-refractivity contribution in [2.24, 2.45) is 11.1 Å². The number of hydrogen-bond donors (Lipinski definition) is 2. The van der Waals surface area contributed by atoms with Crippen LogP contribution in [0.15, 0.2) is 12.1 Å². The van der Waals surface area contributed by atoms with Gasteiger partial charge in [0, 0.05) is 24.4 Å². The lowest BCUT2D eigenvalue weighted by Gasteiger charge is -2.22. The molecule has 0 saturated carbocycles. The molecule has 25 heavy (non-hydrogen) atoms. The van der Waals surface area contributed by atoms with E-state index in [0.717, 1.165) is 19.5 Å². The molecule has 1 heterocycles. The molecule has 8 heteroatoms. The van der Waals surface area contributed by atoms with Gasteiger partial charge in [0.25, 0.3) is 0 Å². The van der Waals surface area contributed by atoms with Gasteiger partial charge in [-0.3, -0.25) is 9.69 Å². The SMILES string of the molecule is COc1cc(NC(=O)CN2CCC(C)(CN)C2)cc(OC)c1OC.Cl. The summed E-state index contributed by atoms with van der Waals surface area (Å²) in [5.74, 6) is 1.43. The minimum Gasteiger partial charge on any atom is -0.493 e. The monoisotopic (exact) mass is 373 g/mol. The van der Waals surface area contributed by atoms with Crippen molar-refractivity contribution in [3.63, 3.8) is 0 Å². The number of likely N-dealkylation sites (tertiary alicyclic amines) is 1. The number of rotatable bonds is 7. The third-order valence-corrected chi connectivity index (χ3v) is 4.45. The maximum absolute atomic E-state index is 12.3. The van der Waals surface area contributed by atoms with Crippen molar-refractivity contribution >= 4 is 24.0 Å². The van der Waals surface area contributed by atoms with Crippen molar-refractivity contribution in [2.75, 3.05) is 52.8 Å². The molecule has 1 saturated heterocycles. The largest absolute Gasteiger partial charge is 0.493 e. The summed E-state index contributed by atoms with van der Waals surface area (Å²) >= 11 is 0. The molecule has 1 aromatic rings. The molecule has 1 amide bonds. The van der Waals surface area contributed by atoms with E-state index in [9.17, 15) is 4.79 Å². The van der Waals surface area contributed by atoms with E-state index in [2.05, 4.69) is 17.1 Å². The first kappa shape index (κ1) is 21.3. The first-order valence-corrected chi connectivity index (χ1v) is 7.97. The minimum atomic E-state index is -0.0782. The van der Waals surface area contributed by atoms with Crippen molar-refractivity contribution in [1.82, 2.24) is 4.90 Å². The van der Waals surface area contributed by atoms with Crippen LogP contribution in [0.5, 0.6) is 17.2 Å². The molecule has 7 nitrogen and oxygen atoms in total. The Hall–Kier alpha value is -1.70. The zero-order chi connectivity index (χ0) is 17.7. The van der Waals surface area contributed by atoms with Gasteiger partial charge in [0.15, 0.2) is 11.5 Å². The van der Waals surface area contributed by atoms with E-state index < -0.39 is 0 Å². The van der Waals surface area contributed by atoms with Gasteiger partial charge in [0.05, 0.1) is 27.9 Å². The Labute approximate surface area is 155 Å². The topological polar surface area (TPSA) is 86.1 Å². The van der Waals surface area contributed by atoms with Crippen LogP contribution in [0.2, 0.25) is 0 Å². The van der Waals surface area contributed by atoms with Crippen LogP contribution in [0, 0.1) is 5.41 Å². The molecule has 1 aliphatic heterocycles. The number of benzene rings is 1. The average Bonchev–Trinajstić information content (AvgIpc) is 2.95.